The number of nitrogens with one attached hydrogen (secondary N) is 2. The molecule has 0 aliphatic carbocycles. The average molecular weight is 390 g/mol. The summed E-state index contributed by atoms with van der Waals surface area (Å²) in [5.74, 6) is -1.28. The first-order valence-corrected chi connectivity index (χ1v) is 8.61. The highest BCUT2D eigenvalue weighted by molar-refractivity contribution is 8.01. The first-order chi connectivity index (χ1) is 12.2. The van der Waals surface area contributed by atoms with Crippen LogP contribution in [0.2, 0.25) is 0 Å². The molecule has 2 rings (SSSR count). The predicted molar refractivity (Wildman–Crippen MR) is 88.6 cm³/mol. The third kappa shape index (κ3) is 5.38. The molecule has 0 radical (unpaired) electrons. The molecule has 1 heterocycles. The van der Waals surface area contributed by atoms with Crippen LogP contribution < -0.4 is 10.6 Å². The molecule has 1 unspecified atom stereocenters. The zero-order valence-electron chi connectivity index (χ0n) is 13.8. The minimum Gasteiger partial charge on any atom is -0.469 e. The number of ether oxygens (including phenoxy) is 1. The molecule has 0 saturated heterocycles. The third-order valence-corrected chi connectivity index (χ3v) is 4.88. The fraction of sp³-hybridized carbons (Fsp3) is 0.438. The molecule has 26 heavy (non-hydrogen) atoms. The molecule has 0 spiro atoms. The van der Waals surface area contributed by atoms with Crippen molar-refractivity contribution in [2.75, 3.05) is 19.0 Å². The van der Waals surface area contributed by atoms with Gasteiger partial charge in [0.05, 0.1) is 23.6 Å². The van der Waals surface area contributed by atoms with Crippen molar-refractivity contribution in [3.8, 4) is 0 Å². The summed E-state index contributed by atoms with van der Waals surface area (Å²) in [7, 11) is 1.27. The van der Waals surface area contributed by atoms with Gasteiger partial charge in [-0.2, -0.15) is 13.2 Å². The first kappa shape index (κ1) is 20.1. The molecule has 1 aromatic carbocycles. The highest BCUT2D eigenvalue weighted by atomic mass is 32.2. The molecule has 142 valence electrons. The molecule has 10 heteroatoms. The van der Waals surface area contributed by atoms with Gasteiger partial charge in [-0.25, -0.2) is 0 Å². The van der Waals surface area contributed by atoms with Gasteiger partial charge in [-0.15, -0.1) is 11.8 Å². The summed E-state index contributed by atoms with van der Waals surface area (Å²) in [6.45, 7) is 0.262. The number of esters is 1. The van der Waals surface area contributed by atoms with Crippen LogP contribution in [0.3, 0.4) is 0 Å². The van der Waals surface area contributed by atoms with Crippen LogP contribution in [0.25, 0.3) is 0 Å². The number of carbonyl (C=O) groups is 3. The van der Waals surface area contributed by atoms with Gasteiger partial charge in [-0.05, 0) is 24.6 Å². The zero-order chi connectivity index (χ0) is 19.3. The Hall–Kier alpha value is -2.23. The van der Waals surface area contributed by atoms with Crippen LogP contribution in [0.5, 0.6) is 0 Å². The van der Waals surface area contributed by atoms with Crippen molar-refractivity contribution >= 4 is 35.2 Å². The van der Waals surface area contributed by atoms with Crippen LogP contribution in [0, 0.1) is 0 Å². The van der Waals surface area contributed by atoms with Gasteiger partial charge in [-0.3, -0.25) is 14.4 Å². The Labute approximate surface area is 151 Å². The number of anilines is 1. The molecule has 2 N–H and O–H groups in total. The van der Waals surface area contributed by atoms with Crippen molar-refractivity contribution in [1.29, 1.82) is 0 Å². The third-order valence-electron chi connectivity index (χ3n) is 3.60. The van der Waals surface area contributed by atoms with Crippen molar-refractivity contribution in [3.63, 3.8) is 0 Å². The van der Waals surface area contributed by atoms with E-state index >= 15 is 0 Å². The molecule has 0 fully saturated rings. The molecule has 0 saturated carbocycles. The van der Waals surface area contributed by atoms with E-state index in [4.69, 9.17) is 0 Å². The first-order valence-electron chi connectivity index (χ1n) is 7.73. The molecule has 0 aromatic heterocycles. The van der Waals surface area contributed by atoms with E-state index in [2.05, 4.69) is 15.4 Å². The van der Waals surface area contributed by atoms with Gasteiger partial charge in [-0.1, -0.05) is 0 Å². The van der Waals surface area contributed by atoms with Crippen LogP contribution in [-0.4, -0.2) is 36.7 Å². The summed E-state index contributed by atoms with van der Waals surface area (Å²) in [5, 5.41) is 4.27. The van der Waals surface area contributed by atoms with E-state index in [9.17, 15) is 27.6 Å². The van der Waals surface area contributed by atoms with Crippen LogP contribution in [0.1, 0.15) is 24.8 Å². The predicted octanol–water partition coefficient (Wildman–Crippen LogP) is 2.58. The van der Waals surface area contributed by atoms with E-state index < -0.39 is 22.9 Å². The second-order valence-electron chi connectivity index (χ2n) is 5.54. The minimum absolute atomic E-state index is 0.0876. The van der Waals surface area contributed by atoms with Gasteiger partial charge in [0, 0.05) is 24.3 Å². The molecule has 1 aromatic rings. The molecule has 2 amide bonds. The van der Waals surface area contributed by atoms with Crippen molar-refractivity contribution < 1.29 is 32.3 Å². The summed E-state index contributed by atoms with van der Waals surface area (Å²) in [6, 6.07) is 3.10. The Balaban J connectivity index is 1.90. The second-order valence-corrected chi connectivity index (χ2v) is 6.78. The van der Waals surface area contributed by atoms with Gasteiger partial charge in [0.1, 0.15) is 0 Å². The fourth-order valence-electron chi connectivity index (χ4n) is 2.26. The van der Waals surface area contributed by atoms with E-state index in [1.807, 2.05) is 0 Å². The van der Waals surface area contributed by atoms with Crippen molar-refractivity contribution in [1.82, 2.24) is 5.32 Å². The summed E-state index contributed by atoms with van der Waals surface area (Å²) >= 11 is 1.05. The number of hydrogen-bond donors (Lipinski definition) is 2. The van der Waals surface area contributed by atoms with E-state index in [-0.39, 0.29) is 37.0 Å². The van der Waals surface area contributed by atoms with Gasteiger partial charge < -0.3 is 15.4 Å². The molecule has 0 bridgehead atoms. The van der Waals surface area contributed by atoms with Crippen LogP contribution in [0.15, 0.2) is 23.1 Å². The van der Waals surface area contributed by atoms with E-state index in [0.29, 0.717) is 11.3 Å². The van der Waals surface area contributed by atoms with Crippen molar-refractivity contribution in [2.24, 2.45) is 0 Å². The SMILES string of the molecule is COC(=O)CCCNC(=O)CC1Sc2ccc(C(F)(F)F)cc2NC1=O. The Kier molecular flexibility index (Phi) is 6.52. The van der Waals surface area contributed by atoms with Crippen LogP contribution in [0.4, 0.5) is 18.9 Å². The Bertz CT molecular complexity index is 709. The summed E-state index contributed by atoms with van der Waals surface area (Å²) in [6.07, 6.45) is -4.03. The van der Waals surface area contributed by atoms with Gasteiger partial charge in [0.25, 0.3) is 0 Å². The van der Waals surface area contributed by atoms with E-state index in [1.54, 1.807) is 0 Å². The molecular weight excluding hydrogens is 373 g/mol. The highest BCUT2D eigenvalue weighted by Gasteiger charge is 2.34. The maximum atomic E-state index is 12.7. The molecule has 6 nitrogen and oxygen atoms in total. The minimum atomic E-state index is -4.49. The molecule has 1 atom stereocenters. The number of rotatable bonds is 6. The lowest BCUT2D eigenvalue weighted by Crippen LogP contribution is -2.35. The average Bonchev–Trinajstić information content (AvgIpc) is 2.57. The Morgan fingerprint density at radius 1 is 1.35 bits per heavy atom. The summed E-state index contributed by atoms with van der Waals surface area (Å²) in [4.78, 5) is 35.4. The number of amides is 2. The fourth-order valence-corrected chi connectivity index (χ4v) is 3.36. The molecule has 1 aliphatic rings. The lowest BCUT2D eigenvalue weighted by molar-refractivity contribution is -0.141. The maximum Gasteiger partial charge on any atom is 0.416 e. The van der Waals surface area contributed by atoms with Gasteiger partial charge in [0.15, 0.2) is 0 Å². The van der Waals surface area contributed by atoms with Crippen LogP contribution >= 0.6 is 11.8 Å². The maximum absolute atomic E-state index is 12.7. The van der Waals surface area contributed by atoms with E-state index in [0.717, 1.165) is 23.9 Å². The summed E-state index contributed by atoms with van der Waals surface area (Å²) < 4.78 is 42.6. The quantitative estimate of drug-likeness (QED) is 0.576. The largest absolute Gasteiger partial charge is 0.469 e. The molecular formula is C16H17F3N2O4S. The van der Waals surface area contributed by atoms with Crippen LogP contribution in [-0.2, 0) is 25.3 Å². The number of hydrogen-bond acceptors (Lipinski definition) is 5. The standard InChI is InChI=1S/C16H17F3N2O4S/c1-25-14(23)3-2-6-20-13(22)8-12-15(24)21-10-7-9(16(17,18)19)4-5-11(10)26-12/h4-5,7,12H,2-3,6,8H2,1H3,(H,20,22)(H,21,24). The number of methoxy groups -OCH3 is 1. The lowest BCUT2D eigenvalue weighted by atomic mass is 10.1. The van der Waals surface area contributed by atoms with Gasteiger partial charge in [0.2, 0.25) is 11.8 Å². The lowest BCUT2D eigenvalue weighted by Gasteiger charge is -2.24. The highest BCUT2D eigenvalue weighted by Crippen LogP contribution is 2.40. The van der Waals surface area contributed by atoms with Gasteiger partial charge >= 0.3 is 12.1 Å². The Morgan fingerprint density at radius 2 is 2.08 bits per heavy atom. The number of alkyl halides is 3. The zero-order valence-corrected chi connectivity index (χ0v) is 14.6. The topological polar surface area (TPSA) is 84.5 Å². The normalized spacial score (nSPS) is 16.5. The molecule has 1 aliphatic heterocycles. The van der Waals surface area contributed by atoms with Crippen molar-refractivity contribution in [2.45, 2.75) is 35.6 Å². The number of halogens is 3. The number of thioether (sulfide) groups is 1. The number of fused-ring (bicyclic) bond motifs is 1. The van der Waals surface area contributed by atoms with Crippen molar-refractivity contribution in [3.05, 3.63) is 23.8 Å². The number of benzene rings is 1. The smallest absolute Gasteiger partial charge is 0.416 e. The second kappa shape index (κ2) is 8.43. The summed E-state index contributed by atoms with van der Waals surface area (Å²) in [5.41, 5.74) is -0.761. The van der Waals surface area contributed by atoms with E-state index in [1.165, 1.54) is 13.2 Å². The monoisotopic (exact) mass is 390 g/mol. The Morgan fingerprint density at radius 3 is 2.73 bits per heavy atom. The number of carbonyl (C=O) groups excluding carboxylic acids is 3.